The normalized spacial score (nSPS) is 19.5. The standard InChI is InChI=1S/C19H18F3N3O3/c20-19(21,22)13-5-6-17(23-11-13)24-7-9-25(10-8-24)18(26)16-12-27-14-3-1-2-4-15(14)28-16/h1-6,11,16H,7-10,12H2/t16-/m0/s1. The predicted molar refractivity (Wildman–Crippen MR) is 94.4 cm³/mol. The van der Waals surface area contributed by atoms with Crippen molar-refractivity contribution in [3.63, 3.8) is 0 Å². The van der Waals surface area contributed by atoms with E-state index >= 15 is 0 Å². The van der Waals surface area contributed by atoms with Gasteiger partial charge < -0.3 is 19.3 Å². The van der Waals surface area contributed by atoms with Gasteiger partial charge in [-0.3, -0.25) is 4.79 Å². The van der Waals surface area contributed by atoms with Gasteiger partial charge in [0.25, 0.3) is 5.91 Å². The summed E-state index contributed by atoms with van der Waals surface area (Å²) in [7, 11) is 0. The fourth-order valence-corrected chi connectivity index (χ4v) is 3.24. The second-order valence-electron chi connectivity index (χ2n) is 6.58. The van der Waals surface area contributed by atoms with Crippen molar-refractivity contribution in [2.24, 2.45) is 0 Å². The van der Waals surface area contributed by atoms with Gasteiger partial charge in [0.2, 0.25) is 6.10 Å². The van der Waals surface area contributed by atoms with Crippen LogP contribution in [0.5, 0.6) is 11.5 Å². The molecule has 148 valence electrons. The minimum absolute atomic E-state index is 0.149. The van der Waals surface area contributed by atoms with Crippen molar-refractivity contribution in [2.75, 3.05) is 37.7 Å². The first-order valence-corrected chi connectivity index (χ1v) is 8.87. The molecule has 3 heterocycles. The highest BCUT2D eigenvalue weighted by Crippen LogP contribution is 2.32. The van der Waals surface area contributed by atoms with Crippen LogP contribution in [0.15, 0.2) is 42.6 Å². The number of amides is 1. The molecule has 2 aromatic rings. The van der Waals surface area contributed by atoms with Gasteiger partial charge in [0.15, 0.2) is 11.5 Å². The topological polar surface area (TPSA) is 54.9 Å². The average Bonchev–Trinajstić information content (AvgIpc) is 2.72. The lowest BCUT2D eigenvalue weighted by Crippen LogP contribution is -2.54. The van der Waals surface area contributed by atoms with Gasteiger partial charge in [0.05, 0.1) is 5.56 Å². The summed E-state index contributed by atoms with van der Waals surface area (Å²) in [5, 5.41) is 0. The van der Waals surface area contributed by atoms with Crippen LogP contribution < -0.4 is 14.4 Å². The average molecular weight is 393 g/mol. The molecule has 28 heavy (non-hydrogen) atoms. The molecule has 9 heteroatoms. The number of para-hydroxylation sites is 2. The van der Waals surface area contributed by atoms with Crippen molar-refractivity contribution in [2.45, 2.75) is 12.3 Å². The number of aromatic nitrogens is 1. The molecule has 1 fully saturated rings. The van der Waals surface area contributed by atoms with Gasteiger partial charge in [-0.05, 0) is 24.3 Å². The molecule has 4 rings (SSSR count). The quantitative estimate of drug-likeness (QED) is 0.785. The van der Waals surface area contributed by atoms with Crippen molar-refractivity contribution in [3.05, 3.63) is 48.2 Å². The van der Waals surface area contributed by atoms with Crippen molar-refractivity contribution >= 4 is 11.7 Å². The third-order valence-corrected chi connectivity index (χ3v) is 4.77. The highest BCUT2D eigenvalue weighted by molar-refractivity contribution is 5.82. The van der Waals surface area contributed by atoms with Crippen LogP contribution >= 0.6 is 0 Å². The zero-order valence-corrected chi connectivity index (χ0v) is 14.9. The number of alkyl halides is 3. The lowest BCUT2D eigenvalue weighted by Gasteiger charge is -2.37. The van der Waals surface area contributed by atoms with Crippen LogP contribution in [-0.4, -0.2) is 54.7 Å². The van der Waals surface area contributed by atoms with Gasteiger partial charge in [-0.15, -0.1) is 0 Å². The molecule has 1 aromatic heterocycles. The molecule has 2 aliphatic rings. The van der Waals surface area contributed by atoms with Crippen molar-refractivity contribution in [3.8, 4) is 11.5 Å². The molecule has 6 nitrogen and oxygen atoms in total. The number of carbonyl (C=O) groups excluding carboxylic acids is 1. The van der Waals surface area contributed by atoms with Crippen LogP contribution in [0, 0.1) is 0 Å². The number of ether oxygens (including phenoxy) is 2. The Morgan fingerprint density at radius 2 is 1.75 bits per heavy atom. The molecule has 1 atom stereocenters. The summed E-state index contributed by atoms with van der Waals surface area (Å²) in [6.45, 7) is 1.98. The zero-order valence-electron chi connectivity index (χ0n) is 14.9. The Kier molecular flexibility index (Phi) is 4.74. The molecule has 0 N–H and O–H groups in total. The molecule has 0 aliphatic carbocycles. The highest BCUT2D eigenvalue weighted by Gasteiger charge is 2.33. The number of fused-ring (bicyclic) bond motifs is 1. The summed E-state index contributed by atoms with van der Waals surface area (Å²) >= 11 is 0. The number of pyridine rings is 1. The lowest BCUT2D eigenvalue weighted by atomic mass is 10.2. The Bertz CT molecular complexity index is 849. The maximum absolute atomic E-state index is 12.7. The predicted octanol–water partition coefficient (Wildman–Crippen LogP) is 2.59. The number of benzene rings is 1. The van der Waals surface area contributed by atoms with Crippen LogP contribution in [-0.2, 0) is 11.0 Å². The number of hydrogen-bond donors (Lipinski definition) is 0. The number of carbonyl (C=O) groups is 1. The third-order valence-electron chi connectivity index (χ3n) is 4.77. The van der Waals surface area contributed by atoms with Crippen molar-refractivity contribution in [1.29, 1.82) is 0 Å². The monoisotopic (exact) mass is 393 g/mol. The molecule has 0 unspecified atom stereocenters. The number of hydrogen-bond acceptors (Lipinski definition) is 5. The molecular weight excluding hydrogens is 375 g/mol. The summed E-state index contributed by atoms with van der Waals surface area (Å²) in [5.74, 6) is 1.46. The maximum atomic E-state index is 12.7. The van der Waals surface area contributed by atoms with E-state index in [1.165, 1.54) is 6.07 Å². The van der Waals surface area contributed by atoms with Crippen LogP contribution in [0.3, 0.4) is 0 Å². The Hall–Kier alpha value is -2.97. The van der Waals surface area contributed by atoms with Gasteiger partial charge in [0.1, 0.15) is 12.4 Å². The Morgan fingerprint density at radius 3 is 2.39 bits per heavy atom. The van der Waals surface area contributed by atoms with Crippen LogP contribution in [0.2, 0.25) is 0 Å². The third kappa shape index (κ3) is 3.69. The Balaban J connectivity index is 1.35. The number of piperazine rings is 1. The fraction of sp³-hybridized carbons (Fsp3) is 0.368. The van der Waals surface area contributed by atoms with Gasteiger partial charge in [-0.1, -0.05) is 12.1 Å². The number of halogens is 3. The van der Waals surface area contributed by atoms with Gasteiger partial charge in [-0.25, -0.2) is 4.98 Å². The maximum Gasteiger partial charge on any atom is 0.417 e. The molecule has 1 saturated heterocycles. The van der Waals surface area contributed by atoms with E-state index < -0.39 is 17.8 Å². The SMILES string of the molecule is O=C([C@@H]1COc2ccccc2O1)N1CCN(c2ccc(C(F)(F)F)cn2)CC1. The summed E-state index contributed by atoms with van der Waals surface area (Å²) < 4.78 is 49.3. The number of nitrogens with zero attached hydrogens (tertiary/aromatic N) is 3. The largest absolute Gasteiger partial charge is 0.485 e. The Morgan fingerprint density at radius 1 is 1.04 bits per heavy atom. The highest BCUT2D eigenvalue weighted by atomic mass is 19.4. The van der Waals surface area contributed by atoms with E-state index in [9.17, 15) is 18.0 Å². The molecule has 1 amide bonds. The number of rotatable bonds is 2. The summed E-state index contributed by atoms with van der Waals surface area (Å²) in [5.41, 5.74) is -0.778. The summed E-state index contributed by atoms with van der Waals surface area (Å²) in [6.07, 6.45) is -4.28. The first-order valence-electron chi connectivity index (χ1n) is 8.87. The van der Waals surface area contributed by atoms with E-state index in [1.54, 1.807) is 17.0 Å². The first kappa shape index (κ1) is 18.4. The van der Waals surface area contributed by atoms with Gasteiger partial charge in [0, 0.05) is 32.4 Å². The molecule has 2 aliphatic heterocycles. The van der Waals surface area contributed by atoms with E-state index in [-0.39, 0.29) is 12.5 Å². The molecule has 0 radical (unpaired) electrons. The van der Waals surface area contributed by atoms with Crippen molar-refractivity contribution < 1.29 is 27.4 Å². The van der Waals surface area contributed by atoms with E-state index in [4.69, 9.17) is 9.47 Å². The number of anilines is 1. The van der Waals surface area contributed by atoms with E-state index in [2.05, 4.69) is 4.98 Å². The van der Waals surface area contributed by atoms with Crippen LogP contribution in [0.25, 0.3) is 0 Å². The molecule has 0 bridgehead atoms. The van der Waals surface area contributed by atoms with Crippen LogP contribution in [0.1, 0.15) is 5.56 Å². The van der Waals surface area contributed by atoms with E-state index in [0.717, 1.165) is 12.3 Å². The lowest BCUT2D eigenvalue weighted by molar-refractivity contribution is -0.141. The van der Waals surface area contributed by atoms with Crippen molar-refractivity contribution in [1.82, 2.24) is 9.88 Å². The zero-order chi connectivity index (χ0) is 19.7. The van der Waals surface area contributed by atoms with Crippen LogP contribution in [0.4, 0.5) is 19.0 Å². The van der Waals surface area contributed by atoms with E-state index in [1.807, 2.05) is 17.0 Å². The van der Waals surface area contributed by atoms with Gasteiger partial charge >= 0.3 is 6.18 Å². The van der Waals surface area contributed by atoms with Gasteiger partial charge in [-0.2, -0.15) is 13.2 Å². The first-order chi connectivity index (χ1) is 13.4. The second-order valence-corrected chi connectivity index (χ2v) is 6.58. The fourth-order valence-electron chi connectivity index (χ4n) is 3.24. The molecule has 0 saturated carbocycles. The summed E-state index contributed by atoms with van der Waals surface area (Å²) in [6, 6.07) is 9.55. The smallest absolute Gasteiger partial charge is 0.417 e. The Labute approximate surface area is 159 Å². The second kappa shape index (κ2) is 7.21. The molecule has 0 spiro atoms. The summed E-state index contributed by atoms with van der Waals surface area (Å²) in [4.78, 5) is 20.2. The molecule has 1 aromatic carbocycles. The molecular formula is C19H18F3N3O3. The van der Waals surface area contributed by atoms with E-state index in [0.29, 0.717) is 43.5 Å². The minimum Gasteiger partial charge on any atom is -0.485 e. The minimum atomic E-state index is -4.41.